The van der Waals surface area contributed by atoms with Crippen molar-refractivity contribution >= 4 is 5.97 Å². The Bertz CT molecular complexity index is 339. The van der Waals surface area contributed by atoms with E-state index in [2.05, 4.69) is 6.92 Å². The maximum Gasteiger partial charge on any atom is 0.304 e. The fourth-order valence-electron chi connectivity index (χ4n) is 3.65. The molecule has 0 aliphatic carbocycles. The van der Waals surface area contributed by atoms with Crippen LogP contribution in [0, 0.1) is 0 Å². The minimum atomic E-state index is -0.843. The van der Waals surface area contributed by atoms with E-state index in [1.807, 2.05) is 4.90 Å². The number of aliphatic hydroxyl groups is 2. The first-order chi connectivity index (χ1) is 13.6. The predicted molar refractivity (Wildman–Crippen MR) is 117 cm³/mol. The second kappa shape index (κ2) is 21.1. The third-order valence-corrected chi connectivity index (χ3v) is 5.42. The molecule has 0 bridgehead atoms. The summed E-state index contributed by atoms with van der Waals surface area (Å²) in [6, 6.07) is 0. The normalized spacial score (nSPS) is 12.6. The molecule has 1 atom stereocenters. The summed E-state index contributed by atoms with van der Waals surface area (Å²) in [5.41, 5.74) is 0. The number of aliphatic carboxylic acids is 1. The molecule has 0 radical (unpaired) electrons. The van der Waals surface area contributed by atoms with E-state index in [0.717, 1.165) is 19.3 Å². The molecule has 0 saturated heterocycles. The predicted octanol–water partition coefficient (Wildman–Crippen LogP) is 4.99. The lowest BCUT2D eigenvalue weighted by Crippen LogP contribution is -2.36. The summed E-state index contributed by atoms with van der Waals surface area (Å²) in [6.45, 7) is 3.51. The number of aliphatic hydroxyl groups excluding tert-OH is 2. The average molecular weight is 402 g/mol. The molecule has 0 fully saturated rings. The summed E-state index contributed by atoms with van der Waals surface area (Å²) in [4.78, 5) is 12.5. The highest BCUT2D eigenvalue weighted by Crippen LogP contribution is 2.14. The van der Waals surface area contributed by atoms with E-state index in [1.54, 1.807) is 0 Å². The monoisotopic (exact) mass is 401 g/mol. The number of hydrogen-bond acceptors (Lipinski definition) is 4. The Morgan fingerprint density at radius 2 is 1.25 bits per heavy atom. The second-order valence-corrected chi connectivity index (χ2v) is 8.21. The number of unbranched alkanes of at least 4 members (excludes halogenated alkanes) is 13. The van der Waals surface area contributed by atoms with Gasteiger partial charge in [-0.05, 0) is 6.42 Å². The van der Waals surface area contributed by atoms with Gasteiger partial charge >= 0.3 is 5.97 Å². The van der Waals surface area contributed by atoms with Crippen LogP contribution >= 0.6 is 0 Å². The summed E-state index contributed by atoms with van der Waals surface area (Å²) in [5, 5.41) is 27.9. The van der Waals surface area contributed by atoms with Gasteiger partial charge in [-0.15, -0.1) is 0 Å². The van der Waals surface area contributed by atoms with Crippen molar-refractivity contribution in [1.82, 2.24) is 4.90 Å². The average Bonchev–Trinajstić information content (AvgIpc) is 2.66. The quantitative estimate of drug-likeness (QED) is 0.223. The molecule has 0 unspecified atom stereocenters. The fourth-order valence-corrected chi connectivity index (χ4v) is 3.65. The summed E-state index contributed by atoms with van der Waals surface area (Å²) in [5.74, 6) is -0.843. The van der Waals surface area contributed by atoms with Crippen molar-refractivity contribution in [3.8, 4) is 0 Å². The smallest absolute Gasteiger partial charge is 0.304 e. The van der Waals surface area contributed by atoms with Crippen molar-refractivity contribution in [3.63, 3.8) is 0 Å². The highest BCUT2D eigenvalue weighted by Gasteiger charge is 2.12. The Labute approximate surface area is 173 Å². The molecule has 5 heteroatoms. The zero-order chi connectivity index (χ0) is 20.9. The van der Waals surface area contributed by atoms with Gasteiger partial charge < -0.3 is 15.3 Å². The molecule has 0 aliphatic heterocycles. The first kappa shape index (κ1) is 27.4. The Balaban J connectivity index is 3.43. The number of nitrogens with zero attached hydrogens (tertiary/aromatic N) is 1. The van der Waals surface area contributed by atoms with Gasteiger partial charge in [-0.1, -0.05) is 96.8 Å². The van der Waals surface area contributed by atoms with Crippen LogP contribution < -0.4 is 0 Å². The largest absolute Gasteiger partial charge is 0.481 e. The van der Waals surface area contributed by atoms with Gasteiger partial charge in [-0.25, -0.2) is 0 Å². The van der Waals surface area contributed by atoms with Crippen LogP contribution in [-0.2, 0) is 4.79 Å². The lowest BCUT2D eigenvalue weighted by molar-refractivity contribution is -0.137. The molecule has 0 aromatic heterocycles. The maximum atomic E-state index is 10.7. The second-order valence-electron chi connectivity index (χ2n) is 8.21. The van der Waals surface area contributed by atoms with Crippen molar-refractivity contribution in [3.05, 3.63) is 0 Å². The van der Waals surface area contributed by atoms with Gasteiger partial charge in [0.1, 0.15) is 0 Å². The fraction of sp³-hybridized carbons (Fsp3) is 0.957. The SMILES string of the molecule is CCCCCCCCCCCCCCCC[C@@H](O)CN(CCO)CCC(=O)O. The molecule has 0 amide bonds. The van der Waals surface area contributed by atoms with Crippen molar-refractivity contribution < 1.29 is 20.1 Å². The maximum absolute atomic E-state index is 10.7. The number of hydrogen-bond donors (Lipinski definition) is 3. The lowest BCUT2D eigenvalue weighted by Gasteiger charge is -2.23. The van der Waals surface area contributed by atoms with E-state index < -0.39 is 12.1 Å². The Morgan fingerprint density at radius 1 is 0.786 bits per heavy atom. The van der Waals surface area contributed by atoms with Crippen LogP contribution in [0.25, 0.3) is 0 Å². The van der Waals surface area contributed by atoms with Crippen LogP contribution in [0.2, 0.25) is 0 Å². The summed E-state index contributed by atoms with van der Waals surface area (Å²) in [6.07, 6.45) is 18.9. The van der Waals surface area contributed by atoms with Crippen molar-refractivity contribution in [1.29, 1.82) is 0 Å². The number of carboxylic acid groups (broad SMARTS) is 1. The standard InChI is InChI=1S/C23H47NO4/c1-2-3-4-5-6-7-8-9-10-11-12-13-14-15-16-22(26)21-24(19-20-25)18-17-23(27)28/h22,25-26H,2-21H2,1H3,(H,27,28)/t22-/m1/s1. The van der Waals surface area contributed by atoms with E-state index >= 15 is 0 Å². The highest BCUT2D eigenvalue weighted by atomic mass is 16.4. The van der Waals surface area contributed by atoms with Gasteiger partial charge in [-0.3, -0.25) is 9.69 Å². The first-order valence-corrected chi connectivity index (χ1v) is 11.8. The van der Waals surface area contributed by atoms with Crippen LogP contribution in [-0.4, -0.2) is 58.5 Å². The third-order valence-electron chi connectivity index (χ3n) is 5.42. The van der Waals surface area contributed by atoms with Crippen LogP contribution in [0.1, 0.15) is 110 Å². The molecule has 168 valence electrons. The van der Waals surface area contributed by atoms with Crippen molar-refractivity contribution in [2.45, 2.75) is 116 Å². The van der Waals surface area contributed by atoms with E-state index in [4.69, 9.17) is 10.2 Å². The zero-order valence-corrected chi connectivity index (χ0v) is 18.4. The topological polar surface area (TPSA) is 81.0 Å². The van der Waals surface area contributed by atoms with Gasteiger partial charge in [-0.2, -0.15) is 0 Å². The number of carboxylic acids is 1. The highest BCUT2D eigenvalue weighted by molar-refractivity contribution is 5.66. The molecular weight excluding hydrogens is 354 g/mol. The molecule has 0 aromatic carbocycles. The minimum absolute atomic E-state index is 0.00873. The third kappa shape index (κ3) is 20.1. The molecule has 28 heavy (non-hydrogen) atoms. The first-order valence-electron chi connectivity index (χ1n) is 11.8. The molecule has 0 heterocycles. The minimum Gasteiger partial charge on any atom is -0.481 e. The van der Waals surface area contributed by atoms with Crippen LogP contribution in [0.5, 0.6) is 0 Å². The molecule has 0 spiro atoms. The molecule has 3 N–H and O–H groups in total. The van der Waals surface area contributed by atoms with Crippen molar-refractivity contribution in [2.75, 3.05) is 26.2 Å². The molecule has 0 aliphatic rings. The Kier molecular flexibility index (Phi) is 20.6. The van der Waals surface area contributed by atoms with E-state index in [0.29, 0.717) is 19.6 Å². The van der Waals surface area contributed by atoms with E-state index in [1.165, 1.54) is 77.0 Å². The Hall–Kier alpha value is -0.650. The summed E-state index contributed by atoms with van der Waals surface area (Å²) < 4.78 is 0. The van der Waals surface area contributed by atoms with Crippen LogP contribution in [0.4, 0.5) is 0 Å². The zero-order valence-electron chi connectivity index (χ0n) is 18.4. The van der Waals surface area contributed by atoms with Gasteiger partial charge in [0.2, 0.25) is 0 Å². The molecular formula is C23H47NO4. The molecule has 0 saturated carbocycles. The van der Waals surface area contributed by atoms with Gasteiger partial charge in [0.25, 0.3) is 0 Å². The van der Waals surface area contributed by atoms with Gasteiger partial charge in [0.05, 0.1) is 19.1 Å². The summed E-state index contributed by atoms with van der Waals surface area (Å²) in [7, 11) is 0. The lowest BCUT2D eigenvalue weighted by atomic mass is 10.0. The summed E-state index contributed by atoms with van der Waals surface area (Å²) >= 11 is 0. The molecule has 0 aromatic rings. The van der Waals surface area contributed by atoms with Gasteiger partial charge in [0, 0.05) is 19.6 Å². The van der Waals surface area contributed by atoms with E-state index in [-0.39, 0.29) is 13.0 Å². The van der Waals surface area contributed by atoms with Crippen LogP contribution in [0.15, 0.2) is 0 Å². The number of rotatable bonds is 22. The van der Waals surface area contributed by atoms with Gasteiger partial charge in [0.15, 0.2) is 0 Å². The van der Waals surface area contributed by atoms with Crippen molar-refractivity contribution in [2.24, 2.45) is 0 Å². The number of carbonyl (C=O) groups is 1. The Morgan fingerprint density at radius 3 is 1.68 bits per heavy atom. The van der Waals surface area contributed by atoms with Crippen LogP contribution in [0.3, 0.4) is 0 Å². The molecule has 0 rings (SSSR count). The van der Waals surface area contributed by atoms with E-state index in [9.17, 15) is 9.90 Å². The molecule has 5 nitrogen and oxygen atoms in total.